The number of nitrogens with zero attached hydrogens (tertiary/aromatic N) is 3. The molecule has 0 fully saturated rings. The van der Waals surface area contributed by atoms with E-state index in [0.29, 0.717) is 40.2 Å². The Balaban J connectivity index is 1.68. The summed E-state index contributed by atoms with van der Waals surface area (Å²) in [5.41, 5.74) is 2.85. The van der Waals surface area contributed by atoms with Gasteiger partial charge in [0.05, 0.1) is 17.6 Å². The Morgan fingerprint density at radius 3 is 2.57 bits per heavy atom. The summed E-state index contributed by atoms with van der Waals surface area (Å²) >= 11 is 0. The molecule has 0 radical (unpaired) electrons. The molecule has 0 spiro atoms. The lowest BCUT2D eigenvalue weighted by Crippen LogP contribution is -2.16. The van der Waals surface area contributed by atoms with Gasteiger partial charge in [-0.05, 0) is 55.8 Å². The maximum absolute atomic E-state index is 12.9. The molecule has 0 aliphatic heterocycles. The van der Waals surface area contributed by atoms with Gasteiger partial charge in [0.15, 0.2) is 0 Å². The van der Waals surface area contributed by atoms with Gasteiger partial charge in [0.1, 0.15) is 17.0 Å². The second-order valence-electron chi connectivity index (χ2n) is 6.88. The average molecular weight is 404 g/mol. The molecule has 0 bridgehead atoms. The van der Waals surface area contributed by atoms with Gasteiger partial charge >= 0.3 is 5.97 Å². The Bertz CT molecular complexity index is 1350. The van der Waals surface area contributed by atoms with Crippen molar-refractivity contribution in [2.24, 2.45) is 7.05 Å². The van der Waals surface area contributed by atoms with Crippen molar-refractivity contribution in [3.05, 3.63) is 75.8 Å². The third-order valence-corrected chi connectivity index (χ3v) is 4.91. The van der Waals surface area contributed by atoms with Crippen LogP contribution >= 0.6 is 0 Å². The molecule has 1 amide bonds. The van der Waals surface area contributed by atoms with Gasteiger partial charge in [-0.15, -0.1) is 0 Å². The predicted octanol–water partition coefficient (Wildman–Crippen LogP) is 2.92. The molecule has 0 aliphatic carbocycles. The minimum Gasteiger partial charge on any atom is -0.462 e. The monoisotopic (exact) mass is 404 g/mol. The molecule has 1 N–H and O–H groups in total. The van der Waals surface area contributed by atoms with E-state index >= 15 is 0 Å². The van der Waals surface area contributed by atoms with Crippen LogP contribution in [-0.4, -0.2) is 32.4 Å². The minimum atomic E-state index is -0.419. The van der Waals surface area contributed by atoms with Crippen molar-refractivity contribution in [2.45, 2.75) is 13.8 Å². The number of benzene rings is 1. The molecule has 0 saturated carbocycles. The maximum atomic E-state index is 12.9. The fourth-order valence-electron chi connectivity index (χ4n) is 3.35. The van der Waals surface area contributed by atoms with E-state index in [1.54, 1.807) is 61.1 Å². The maximum Gasteiger partial charge on any atom is 0.338 e. The fraction of sp³-hybridized carbons (Fsp3) is 0.182. The van der Waals surface area contributed by atoms with Crippen molar-refractivity contribution >= 4 is 34.2 Å². The number of esters is 1. The molecule has 8 nitrogen and oxygen atoms in total. The molecule has 0 aliphatic rings. The molecule has 30 heavy (non-hydrogen) atoms. The first kappa shape index (κ1) is 19.4. The Labute approximate surface area is 171 Å². The standard InChI is InChI=1S/C22H20N4O4/c1-4-30-22(29)14-7-9-15(10-8-14)23-20(27)17-12-16-19(25(17)3)24-18-13(2)6-5-11-26(18)21(16)28/h5-12H,4H2,1-3H3,(H,23,27). The van der Waals surface area contributed by atoms with Crippen LogP contribution in [0.1, 0.15) is 33.3 Å². The van der Waals surface area contributed by atoms with E-state index in [1.807, 2.05) is 13.0 Å². The third-order valence-electron chi connectivity index (χ3n) is 4.91. The molecule has 3 heterocycles. The van der Waals surface area contributed by atoms with Gasteiger partial charge in [-0.3, -0.25) is 14.0 Å². The van der Waals surface area contributed by atoms with Gasteiger partial charge in [-0.2, -0.15) is 0 Å². The lowest BCUT2D eigenvalue weighted by atomic mass is 10.2. The molecule has 4 rings (SSSR count). The van der Waals surface area contributed by atoms with Crippen LogP contribution in [0.5, 0.6) is 0 Å². The predicted molar refractivity (Wildman–Crippen MR) is 113 cm³/mol. The van der Waals surface area contributed by atoms with Crippen molar-refractivity contribution < 1.29 is 14.3 Å². The van der Waals surface area contributed by atoms with Crippen LogP contribution in [0.3, 0.4) is 0 Å². The van der Waals surface area contributed by atoms with Crippen LogP contribution in [-0.2, 0) is 11.8 Å². The highest BCUT2D eigenvalue weighted by molar-refractivity contribution is 6.06. The summed E-state index contributed by atoms with van der Waals surface area (Å²) < 4.78 is 8.03. The number of ether oxygens (including phenoxy) is 1. The van der Waals surface area contributed by atoms with E-state index in [1.165, 1.54) is 4.40 Å². The van der Waals surface area contributed by atoms with Gasteiger partial charge in [0.2, 0.25) is 0 Å². The second-order valence-corrected chi connectivity index (χ2v) is 6.88. The molecule has 1 aromatic carbocycles. The zero-order valence-electron chi connectivity index (χ0n) is 16.8. The van der Waals surface area contributed by atoms with Crippen molar-refractivity contribution in [3.8, 4) is 0 Å². The largest absolute Gasteiger partial charge is 0.462 e. The molecule has 152 valence electrons. The molecule has 3 aromatic heterocycles. The summed E-state index contributed by atoms with van der Waals surface area (Å²) in [6, 6.07) is 11.6. The molecular weight excluding hydrogens is 384 g/mol. The van der Waals surface area contributed by atoms with Crippen molar-refractivity contribution in [3.63, 3.8) is 0 Å². The van der Waals surface area contributed by atoms with Gasteiger partial charge in [-0.1, -0.05) is 6.07 Å². The highest BCUT2D eigenvalue weighted by Crippen LogP contribution is 2.18. The van der Waals surface area contributed by atoms with Crippen LogP contribution < -0.4 is 10.9 Å². The van der Waals surface area contributed by atoms with Crippen molar-refractivity contribution in [2.75, 3.05) is 11.9 Å². The van der Waals surface area contributed by atoms with Gasteiger partial charge < -0.3 is 14.6 Å². The summed E-state index contributed by atoms with van der Waals surface area (Å²) in [5.74, 6) is -0.803. The molecule has 0 saturated heterocycles. The number of fused-ring (bicyclic) bond motifs is 2. The number of nitrogens with one attached hydrogen (secondary N) is 1. The molecule has 0 atom stereocenters. The van der Waals surface area contributed by atoms with E-state index in [4.69, 9.17) is 4.74 Å². The fourth-order valence-corrected chi connectivity index (χ4v) is 3.35. The Kier molecular flexibility index (Phi) is 4.83. The average Bonchev–Trinajstić information content (AvgIpc) is 3.07. The number of aryl methyl sites for hydroxylation is 2. The number of carbonyl (C=O) groups excluding carboxylic acids is 2. The summed E-state index contributed by atoms with van der Waals surface area (Å²) in [4.78, 5) is 42.1. The number of rotatable bonds is 4. The van der Waals surface area contributed by atoms with Crippen LogP contribution in [0.4, 0.5) is 5.69 Å². The van der Waals surface area contributed by atoms with E-state index in [-0.39, 0.29) is 11.5 Å². The quantitative estimate of drug-likeness (QED) is 0.528. The Morgan fingerprint density at radius 1 is 1.13 bits per heavy atom. The molecule has 4 aromatic rings. The normalized spacial score (nSPS) is 11.0. The number of hydrogen-bond donors (Lipinski definition) is 1. The zero-order chi connectivity index (χ0) is 21.4. The first-order valence-corrected chi connectivity index (χ1v) is 9.46. The number of hydrogen-bond acceptors (Lipinski definition) is 5. The number of anilines is 1. The lowest BCUT2D eigenvalue weighted by Gasteiger charge is -2.08. The van der Waals surface area contributed by atoms with Crippen LogP contribution in [0.2, 0.25) is 0 Å². The molecule has 8 heteroatoms. The molecule has 0 unspecified atom stereocenters. The lowest BCUT2D eigenvalue weighted by molar-refractivity contribution is 0.0526. The van der Waals surface area contributed by atoms with Gasteiger partial charge in [0, 0.05) is 18.9 Å². The summed E-state index contributed by atoms with van der Waals surface area (Å²) in [7, 11) is 1.70. The Morgan fingerprint density at radius 2 is 1.87 bits per heavy atom. The summed E-state index contributed by atoms with van der Waals surface area (Å²) in [5, 5.41) is 3.15. The van der Waals surface area contributed by atoms with Crippen LogP contribution in [0.25, 0.3) is 16.7 Å². The Hall–Kier alpha value is -3.94. The number of pyridine rings is 1. The third kappa shape index (κ3) is 3.22. The van der Waals surface area contributed by atoms with Gasteiger partial charge in [0.25, 0.3) is 11.5 Å². The topological polar surface area (TPSA) is 94.7 Å². The van der Waals surface area contributed by atoms with Crippen LogP contribution in [0, 0.1) is 6.92 Å². The summed E-state index contributed by atoms with van der Waals surface area (Å²) in [6.45, 7) is 3.91. The number of amides is 1. The smallest absolute Gasteiger partial charge is 0.338 e. The first-order valence-electron chi connectivity index (χ1n) is 9.46. The first-order chi connectivity index (χ1) is 14.4. The minimum absolute atomic E-state index is 0.230. The van der Waals surface area contributed by atoms with E-state index < -0.39 is 5.97 Å². The number of carbonyl (C=O) groups is 2. The van der Waals surface area contributed by atoms with E-state index in [9.17, 15) is 14.4 Å². The second kappa shape index (κ2) is 7.47. The van der Waals surface area contributed by atoms with Gasteiger partial charge in [-0.25, -0.2) is 9.78 Å². The van der Waals surface area contributed by atoms with E-state index in [2.05, 4.69) is 10.3 Å². The highest BCUT2D eigenvalue weighted by Gasteiger charge is 2.18. The van der Waals surface area contributed by atoms with E-state index in [0.717, 1.165) is 5.56 Å². The zero-order valence-corrected chi connectivity index (χ0v) is 16.8. The SMILES string of the molecule is CCOC(=O)c1ccc(NC(=O)c2cc3c(=O)n4cccc(C)c4nc3n2C)cc1. The highest BCUT2D eigenvalue weighted by atomic mass is 16.5. The van der Waals surface area contributed by atoms with Crippen LogP contribution in [0.15, 0.2) is 53.5 Å². The summed E-state index contributed by atoms with van der Waals surface area (Å²) in [6.07, 6.45) is 1.66. The number of aromatic nitrogens is 3. The van der Waals surface area contributed by atoms with Crippen molar-refractivity contribution in [1.29, 1.82) is 0 Å². The van der Waals surface area contributed by atoms with Crippen molar-refractivity contribution in [1.82, 2.24) is 14.0 Å². The molecular formula is C22H20N4O4.